The zero-order chi connectivity index (χ0) is 18.0. The van der Waals surface area contributed by atoms with Crippen LogP contribution in [0, 0.1) is 41.0 Å². The third kappa shape index (κ3) is 4160. The first-order valence-corrected chi connectivity index (χ1v) is 7.41. The van der Waals surface area contributed by atoms with Crippen LogP contribution >= 0.6 is 0 Å². The van der Waals surface area contributed by atoms with Gasteiger partial charge in [-0.2, -0.15) is 0 Å². The Hall–Kier alpha value is 1.39. The average Bonchev–Trinajstić information content (AvgIpc) is 1.62. The van der Waals surface area contributed by atoms with Crippen LogP contribution in [0.2, 0.25) is 0 Å². The molecule has 0 amide bonds. The molecular weight excluding hydrogens is 576 g/mol. The minimum atomic E-state index is -4.94. The van der Waals surface area contributed by atoms with E-state index < -0.39 is 41.0 Å². The van der Waals surface area contributed by atoms with Crippen molar-refractivity contribution in [1.82, 2.24) is 0 Å². The molecule has 0 spiro atoms. The quantitative estimate of drug-likeness (QED) is 0.241. The number of halogens is 4. The summed E-state index contributed by atoms with van der Waals surface area (Å²) in [5.41, 5.74) is 0. The van der Waals surface area contributed by atoms with Gasteiger partial charge in [0, 0.05) is 0 Å². The Morgan fingerprint density at radius 1 is 0.238 bits per heavy atom. The number of hydrogen-bond donors (Lipinski definition) is 0. The van der Waals surface area contributed by atoms with Crippen LogP contribution in [0.15, 0.2) is 0 Å². The molecule has 0 saturated heterocycles. The molecule has 128 valence electrons. The normalized spacial score (nSPS) is 11.4. The van der Waals surface area contributed by atoms with Crippen LogP contribution in [0.25, 0.3) is 0 Å². The maximum Gasteiger partial charge on any atom is 4.00 e. The zero-order valence-electron chi connectivity index (χ0n) is 8.54. The molecule has 0 bridgehead atoms. The molecule has 0 unspecified atom stereocenters. The fourth-order valence-electron chi connectivity index (χ4n) is 0. The smallest absolute Gasteiger partial charge is 0.222 e. The molecule has 0 aliphatic rings. The third-order valence-electron chi connectivity index (χ3n) is 0. The second-order valence-electron chi connectivity index (χ2n) is 1.51. The van der Waals surface area contributed by atoms with Crippen molar-refractivity contribution in [2.45, 2.75) is 0 Å². The molecular formula is Cl4HfO16. The first-order chi connectivity index (χ1) is 8.00. The molecule has 0 atom stereocenters. The second-order valence-corrected chi connectivity index (χ2v) is 4.54. The van der Waals surface area contributed by atoms with Gasteiger partial charge in [0.05, 0.1) is 0 Å². The summed E-state index contributed by atoms with van der Waals surface area (Å²) in [6.07, 6.45) is 0. The summed E-state index contributed by atoms with van der Waals surface area (Å²) in [4.78, 5) is 0. The summed E-state index contributed by atoms with van der Waals surface area (Å²) in [7, 11) is -19.8. The van der Waals surface area contributed by atoms with Crippen LogP contribution in [0.5, 0.6) is 0 Å². The van der Waals surface area contributed by atoms with E-state index in [1.165, 1.54) is 0 Å². The van der Waals surface area contributed by atoms with Gasteiger partial charge in [0.1, 0.15) is 0 Å². The Bertz CT molecular complexity index is 130. The zero-order valence-corrected chi connectivity index (χ0v) is 15.2. The molecule has 0 N–H and O–H groups in total. The van der Waals surface area contributed by atoms with E-state index in [2.05, 4.69) is 0 Å². The fraction of sp³-hybridized carbons (Fsp3) is 0. The number of hydrogen-bond acceptors (Lipinski definition) is 16. The summed E-state index contributed by atoms with van der Waals surface area (Å²) in [6.45, 7) is 0. The molecule has 0 aromatic heterocycles. The Labute approximate surface area is 141 Å². The van der Waals surface area contributed by atoms with Gasteiger partial charge in [0.2, 0.25) is 0 Å². The van der Waals surface area contributed by atoms with Gasteiger partial charge in [0.15, 0.2) is 0 Å². The maximum atomic E-state index is 8.49. The molecule has 0 aliphatic carbocycles. The molecule has 16 nitrogen and oxygen atoms in total. The van der Waals surface area contributed by atoms with Gasteiger partial charge in [-0.05, 0) is 0 Å². The van der Waals surface area contributed by atoms with Gasteiger partial charge < -0.3 is 0 Å². The standard InChI is InChI=1S/4ClHO4.Hf/c4*2-1(3,4)5;/h4*(H,2,3,4,5);/q;;;;+4/p-4. The SMILES string of the molecule is [Hf+4].[O-][Cl+3]([O-])([O-])[O-].[O-][Cl+3]([O-])([O-])[O-].[O-][Cl+3]([O-])([O-])[O-].[O-][Cl+3]([O-])([O-])[O-]. The van der Waals surface area contributed by atoms with Crippen LogP contribution in [0.4, 0.5) is 0 Å². The van der Waals surface area contributed by atoms with E-state index in [4.69, 9.17) is 74.5 Å². The molecule has 21 heavy (non-hydrogen) atoms. The average molecular weight is 576 g/mol. The van der Waals surface area contributed by atoms with Gasteiger partial charge in [-0.25, -0.2) is 74.5 Å². The Morgan fingerprint density at radius 2 is 0.238 bits per heavy atom. The van der Waals surface area contributed by atoms with E-state index in [1.54, 1.807) is 0 Å². The largest absolute Gasteiger partial charge is 4.00 e. The second kappa shape index (κ2) is 13.8. The van der Waals surface area contributed by atoms with E-state index >= 15 is 0 Å². The molecule has 0 aromatic carbocycles. The summed E-state index contributed by atoms with van der Waals surface area (Å²) in [5, 5.41) is 0. The van der Waals surface area contributed by atoms with Crippen LogP contribution in [0.1, 0.15) is 0 Å². The predicted molar refractivity (Wildman–Crippen MR) is 0 cm³/mol. The Morgan fingerprint density at radius 3 is 0.238 bits per heavy atom. The minimum absolute atomic E-state index is 0. The van der Waals surface area contributed by atoms with Crippen molar-refractivity contribution in [3.8, 4) is 0 Å². The molecule has 0 radical (unpaired) electrons. The van der Waals surface area contributed by atoms with Crippen LogP contribution in [-0.4, -0.2) is 0 Å². The Kier molecular flexibility index (Phi) is 22.3. The monoisotopic (exact) mass is 576 g/mol. The van der Waals surface area contributed by atoms with Crippen LogP contribution < -0.4 is 74.5 Å². The van der Waals surface area contributed by atoms with E-state index in [-0.39, 0.29) is 25.8 Å². The van der Waals surface area contributed by atoms with Gasteiger partial charge >= 0.3 is 25.8 Å². The van der Waals surface area contributed by atoms with Gasteiger partial charge in [-0.1, -0.05) is 0 Å². The molecule has 0 saturated carbocycles. The van der Waals surface area contributed by atoms with E-state index in [0.717, 1.165) is 0 Å². The minimum Gasteiger partial charge on any atom is -0.222 e. The first kappa shape index (κ1) is 33.9. The van der Waals surface area contributed by atoms with Gasteiger partial charge in [-0.3, -0.25) is 0 Å². The number of rotatable bonds is 0. The van der Waals surface area contributed by atoms with E-state index in [9.17, 15) is 0 Å². The van der Waals surface area contributed by atoms with Gasteiger partial charge in [0.25, 0.3) is 0 Å². The van der Waals surface area contributed by atoms with Crippen molar-refractivity contribution in [2.75, 3.05) is 0 Å². The van der Waals surface area contributed by atoms with Crippen molar-refractivity contribution >= 4 is 0 Å². The Balaban J connectivity index is -0.0000000533. The maximum absolute atomic E-state index is 8.49. The van der Waals surface area contributed by atoms with Gasteiger partial charge in [-0.15, -0.1) is 41.0 Å². The molecule has 0 aliphatic heterocycles. The molecule has 0 fully saturated rings. The van der Waals surface area contributed by atoms with Crippen molar-refractivity contribution in [1.29, 1.82) is 0 Å². The van der Waals surface area contributed by atoms with Crippen molar-refractivity contribution in [3.05, 3.63) is 0 Å². The fourth-order valence-corrected chi connectivity index (χ4v) is 0. The van der Waals surface area contributed by atoms with Crippen LogP contribution in [-0.2, 0) is 25.8 Å². The van der Waals surface area contributed by atoms with Crippen LogP contribution in [0.3, 0.4) is 0 Å². The first-order valence-electron chi connectivity index (χ1n) is 2.47. The van der Waals surface area contributed by atoms with E-state index in [1.807, 2.05) is 0 Å². The van der Waals surface area contributed by atoms with Crippen molar-refractivity contribution < 1.29 is 141 Å². The molecule has 0 rings (SSSR count). The summed E-state index contributed by atoms with van der Waals surface area (Å²) in [5.74, 6) is 0. The van der Waals surface area contributed by atoms with E-state index in [0.29, 0.717) is 0 Å². The summed E-state index contributed by atoms with van der Waals surface area (Å²) in [6, 6.07) is 0. The topological polar surface area (TPSA) is 369 Å². The molecule has 0 heterocycles. The molecule has 21 heteroatoms. The van der Waals surface area contributed by atoms with Crippen molar-refractivity contribution in [2.24, 2.45) is 0 Å². The van der Waals surface area contributed by atoms with Crippen molar-refractivity contribution in [3.63, 3.8) is 0 Å². The predicted octanol–water partition coefficient (Wildman–Crippen LogP) is -19.0. The summed E-state index contributed by atoms with van der Waals surface area (Å²) >= 11 is 0. The summed E-state index contributed by atoms with van der Waals surface area (Å²) < 4.78 is 136. The third-order valence-corrected chi connectivity index (χ3v) is 0. The molecule has 0 aromatic rings.